The van der Waals surface area contributed by atoms with Crippen molar-refractivity contribution >= 4 is 11.9 Å². The SMILES string of the molecule is CCC(CC)(CNC(=O)C1(C)CCNC1)C(=O)O. The van der Waals surface area contributed by atoms with Crippen LogP contribution in [0.5, 0.6) is 0 Å². The molecule has 1 aliphatic rings. The first kappa shape index (κ1) is 15.0. The molecular weight excluding hydrogens is 232 g/mol. The van der Waals surface area contributed by atoms with Crippen LogP contribution in [0, 0.1) is 10.8 Å². The smallest absolute Gasteiger partial charge is 0.311 e. The lowest BCUT2D eigenvalue weighted by Crippen LogP contribution is -2.47. The van der Waals surface area contributed by atoms with Crippen LogP contribution >= 0.6 is 0 Å². The maximum absolute atomic E-state index is 12.1. The molecule has 0 aliphatic carbocycles. The van der Waals surface area contributed by atoms with Gasteiger partial charge in [0.25, 0.3) is 0 Å². The van der Waals surface area contributed by atoms with Gasteiger partial charge in [0, 0.05) is 13.1 Å². The van der Waals surface area contributed by atoms with Crippen molar-refractivity contribution in [2.24, 2.45) is 10.8 Å². The molecule has 0 aromatic rings. The number of hydrogen-bond acceptors (Lipinski definition) is 3. The zero-order valence-electron chi connectivity index (χ0n) is 11.5. The van der Waals surface area contributed by atoms with E-state index in [2.05, 4.69) is 10.6 Å². The molecule has 0 spiro atoms. The fourth-order valence-electron chi connectivity index (χ4n) is 2.35. The second-order valence-corrected chi connectivity index (χ2v) is 5.46. The molecule has 1 atom stereocenters. The Morgan fingerprint density at radius 2 is 2.00 bits per heavy atom. The van der Waals surface area contributed by atoms with Crippen LogP contribution in [0.3, 0.4) is 0 Å². The molecule has 1 heterocycles. The number of hydrogen-bond donors (Lipinski definition) is 3. The zero-order chi connectivity index (χ0) is 13.8. The molecule has 0 aromatic heterocycles. The molecule has 0 radical (unpaired) electrons. The summed E-state index contributed by atoms with van der Waals surface area (Å²) in [4.78, 5) is 23.5. The highest BCUT2D eigenvalue weighted by Gasteiger charge is 2.39. The van der Waals surface area contributed by atoms with E-state index in [9.17, 15) is 14.7 Å². The summed E-state index contributed by atoms with van der Waals surface area (Å²) in [7, 11) is 0. The van der Waals surface area contributed by atoms with E-state index in [1.807, 2.05) is 20.8 Å². The molecule has 104 valence electrons. The molecule has 0 bridgehead atoms. The standard InChI is InChI=1S/C13H24N2O3/c1-4-13(5-2,11(17)18)9-15-10(16)12(3)6-7-14-8-12/h14H,4-9H2,1-3H3,(H,15,16)(H,17,18). The first-order chi connectivity index (χ1) is 8.40. The fraction of sp³-hybridized carbons (Fsp3) is 0.846. The summed E-state index contributed by atoms with van der Waals surface area (Å²) >= 11 is 0. The van der Waals surface area contributed by atoms with Crippen molar-refractivity contribution in [2.75, 3.05) is 19.6 Å². The molecule has 3 N–H and O–H groups in total. The van der Waals surface area contributed by atoms with Crippen LogP contribution in [0.1, 0.15) is 40.0 Å². The number of carbonyl (C=O) groups excluding carboxylic acids is 1. The van der Waals surface area contributed by atoms with E-state index >= 15 is 0 Å². The highest BCUT2D eigenvalue weighted by molar-refractivity contribution is 5.84. The van der Waals surface area contributed by atoms with Crippen LogP contribution in [-0.2, 0) is 9.59 Å². The van der Waals surface area contributed by atoms with Gasteiger partial charge in [-0.2, -0.15) is 0 Å². The minimum absolute atomic E-state index is 0.0416. The monoisotopic (exact) mass is 256 g/mol. The molecule has 1 saturated heterocycles. The minimum atomic E-state index is -0.835. The lowest BCUT2D eigenvalue weighted by atomic mass is 9.81. The van der Waals surface area contributed by atoms with Crippen LogP contribution in [0.25, 0.3) is 0 Å². The van der Waals surface area contributed by atoms with Gasteiger partial charge in [0.05, 0.1) is 10.8 Å². The summed E-state index contributed by atoms with van der Waals surface area (Å²) in [6.45, 7) is 7.34. The average Bonchev–Trinajstić information content (AvgIpc) is 2.79. The Hall–Kier alpha value is -1.10. The summed E-state index contributed by atoms with van der Waals surface area (Å²) < 4.78 is 0. The minimum Gasteiger partial charge on any atom is -0.481 e. The van der Waals surface area contributed by atoms with Crippen LogP contribution in [0.2, 0.25) is 0 Å². The second-order valence-electron chi connectivity index (χ2n) is 5.46. The number of nitrogens with one attached hydrogen (secondary N) is 2. The van der Waals surface area contributed by atoms with Gasteiger partial charge in [0.15, 0.2) is 0 Å². The van der Waals surface area contributed by atoms with Crippen molar-refractivity contribution in [1.82, 2.24) is 10.6 Å². The highest BCUT2D eigenvalue weighted by atomic mass is 16.4. The van der Waals surface area contributed by atoms with Gasteiger partial charge in [-0.3, -0.25) is 9.59 Å². The molecule has 1 aliphatic heterocycles. The lowest BCUT2D eigenvalue weighted by Gasteiger charge is -2.29. The molecule has 5 nitrogen and oxygen atoms in total. The summed E-state index contributed by atoms with van der Waals surface area (Å²) in [5, 5.41) is 15.3. The van der Waals surface area contributed by atoms with Crippen molar-refractivity contribution in [2.45, 2.75) is 40.0 Å². The van der Waals surface area contributed by atoms with E-state index in [0.29, 0.717) is 19.4 Å². The summed E-state index contributed by atoms with van der Waals surface area (Å²) in [5.41, 5.74) is -1.23. The van der Waals surface area contributed by atoms with Gasteiger partial charge in [-0.25, -0.2) is 0 Å². The molecular formula is C13H24N2O3. The van der Waals surface area contributed by atoms with Gasteiger partial charge in [-0.05, 0) is 32.7 Å². The van der Waals surface area contributed by atoms with E-state index in [1.54, 1.807) is 0 Å². The number of rotatable bonds is 6. The first-order valence-electron chi connectivity index (χ1n) is 6.62. The first-order valence-corrected chi connectivity index (χ1v) is 6.62. The van der Waals surface area contributed by atoms with Crippen molar-refractivity contribution in [3.63, 3.8) is 0 Å². The molecule has 0 saturated carbocycles. The summed E-state index contributed by atoms with van der Waals surface area (Å²) in [6.07, 6.45) is 1.85. The van der Waals surface area contributed by atoms with E-state index in [1.165, 1.54) is 0 Å². The van der Waals surface area contributed by atoms with Gasteiger partial charge in [-0.15, -0.1) is 0 Å². The molecule has 1 amide bonds. The maximum Gasteiger partial charge on any atom is 0.311 e. The van der Waals surface area contributed by atoms with E-state index in [0.717, 1.165) is 13.0 Å². The van der Waals surface area contributed by atoms with Gasteiger partial charge in [-0.1, -0.05) is 13.8 Å². The number of carboxylic acid groups (broad SMARTS) is 1. The van der Waals surface area contributed by atoms with Gasteiger partial charge >= 0.3 is 5.97 Å². The Bertz CT molecular complexity index is 318. The number of amides is 1. The summed E-state index contributed by atoms with van der Waals surface area (Å²) in [5.74, 6) is -0.873. The van der Waals surface area contributed by atoms with Crippen LogP contribution in [-0.4, -0.2) is 36.6 Å². The zero-order valence-corrected chi connectivity index (χ0v) is 11.5. The van der Waals surface area contributed by atoms with Crippen LogP contribution in [0.15, 0.2) is 0 Å². The largest absolute Gasteiger partial charge is 0.481 e. The highest BCUT2D eigenvalue weighted by Crippen LogP contribution is 2.28. The van der Waals surface area contributed by atoms with E-state index < -0.39 is 16.8 Å². The average molecular weight is 256 g/mol. The van der Waals surface area contributed by atoms with Gasteiger partial charge in [0.2, 0.25) is 5.91 Å². The van der Waals surface area contributed by atoms with Crippen molar-refractivity contribution in [1.29, 1.82) is 0 Å². The molecule has 18 heavy (non-hydrogen) atoms. The third kappa shape index (κ3) is 2.83. The molecule has 0 aromatic carbocycles. The van der Waals surface area contributed by atoms with Gasteiger partial charge in [0.1, 0.15) is 0 Å². The molecule has 5 heteroatoms. The number of carboxylic acids is 1. The maximum atomic E-state index is 12.1. The van der Waals surface area contributed by atoms with Gasteiger partial charge < -0.3 is 15.7 Å². The summed E-state index contributed by atoms with van der Waals surface area (Å²) in [6, 6.07) is 0. The normalized spacial score (nSPS) is 23.9. The third-order valence-electron chi connectivity index (χ3n) is 4.31. The van der Waals surface area contributed by atoms with Crippen LogP contribution < -0.4 is 10.6 Å². The number of aliphatic carboxylic acids is 1. The Morgan fingerprint density at radius 3 is 2.39 bits per heavy atom. The van der Waals surface area contributed by atoms with Crippen LogP contribution in [0.4, 0.5) is 0 Å². The van der Waals surface area contributed by atoms with Crippen molar-refractivity contribution in [3.05, 3.63) is 0 Å². The third-order valence-corrected chi connectivity index (χ3v) is 4.31. The molecule has 1 unspecified atom stereocenters. The molecule has 1 fully saturated rings. The van der Waals surface area contributed by atoms with Crippen molar-refractivity contribution in [3.8, 4) is 0 Å². The van der Waals surface area contributed by atoms with Crippen molar-refractivity contribution < 1.29 is 14.7 Å². The Kier molecular flexibility index (Phi) is 4.73. The second kappa shape index (κ2) is 5.69. The Labute approximate surface area is 108 Å². The topological polar surface area (TPSA) is 78.4 Å². The predicted octanol–water partition coefficient (Wildman–Crippen LogP) is 0.993. The van der Waals surface area contributed by atoms with E-state index in [-0.39, 0.29) is 12.5 Å². The Balaban J connectivity index is 2.63. The Morgan fingerprint density at radius 1 is 1.39 bits per heavy atom. The predicted molar refractivity (Wildman–Crippen MR) is 69.3 cm³/mol. The lowest BCUT2D eigenvalue weighted by molar-refractivity contribution is -0.149. The molecule has 1 rings (SSSR count). The quantitative estimate of drug-likeness (QED) is 0.662. The van der Waals surface area contributed by atoms with E-state index in [4.69, 9.17) is 0 Å². The number of carbonyl (C=O) groups is 2. The fourth-order valence-corrected chi connectivity index (χ4v) is 2.35.